The Labute approximate surface area is 210 Å². The number of aliphatic hydroxyl groups is 1. The van der Waals surface area contributed by atoms with Crippen LogP contribution in [0.1, 0.15) is 66.1 Å². The summed E-state index contributed by atoms with van der Waals surface area (Å²) < 4.78 is 20.1. The van der Waals surface area contributed by atoms with Crippen LogP contribution in [0.15, 0.2) is 29.8 Å². The Morgan fingerprint density at radius 2 is 1.83 bits per heavy atom. The van der Waals surface area contributed by atoms with Crippen molar-refractivity contribution in [2.75, 3.05) is 32.8 Å². The van der Waals surface area contributed by atoms with Crippen LogP contribution in [0.3, 0.4) is 0 Å². The fourth-order valence-electron chi connectivity index (χ4n) is 4.78. The molecule has 8 nitrogen and oxygen atoms in total. The standard InChI is InChI=1S/C27H34FN3O5/c1-6-30(7-2)14-11-15-31-23(18-12-9-10-13-19(18)28)21(25(33)26(31)34)24(32)20-16(4)22(29-17(20)5)27(35)36-8-3/h9-10,12-13,23,29,32H,6-8,11,14-15H2,1-5H3/b24-21+. The maximum atomic E-state index is 15.0. The molecule has 1 aliphatic rings. The molecule has 1 aromatic heterocycles. The first kappa shape index (κ1) is 27.1. The number of esters is 1. The lowest BCUT2D eigenvalue weighted by atomic mass is 9.93. The SMILES string of the molecule is CCOC(=O)c1[nH]c(C)c(/C(O)=C2\C(=O)C(=O)N(CCCN(CC)CC)C2c2ccccc2F)c1C. The fraction of sp³-hybridized carbons (Fsp3) is 0.444. The summed E-state index contributed by atoms with van der Waals surface area (Å²) in [5, 5.41) is 11.4. The molecule has 1 fully saturated rings. The number of likely N-dealkylation sites (tertiary alicyclic amines) is 1. The minimum absolute atomic E-state index is 0.123. The summed E-state index contributed by atoms with van der Waals surface area (Å²) in [6.45, 7) is 11.8. The molecule has 1 amide bonds. The van der Waals surface area contributed by atoms with Crippen molar-refractivity contribution in [1.82, 2.24) is 14.8 Å². The van der Waals surface area contributed by atoms with Crippen molar-refractivity contribution in [2.45, 2.75) is 47.1 Å². The Bertz CT molecular complexity index is 1180. The summed E-state index contributed by atoms with van der Waals surface area (Å²) in [7, 11) is 0. The molecule has 0 spiro atoms. The Hall–Kier alpha value is -3.46. The second kappa shape index (κ2) is 11.5. The monoisotopic (exact) mass is 499 g/mol. The molecule has 2 heterocycles. The summed E-state index contributed by atoms with van der Waals surface area (Å²) in [6, 6.07) is 4.83. The molecule has 1 aromatic carbocycles. The van der Waals surface area contributed by atoms with Gasteiger partial charge in [-0.25, -0.2) is 9.18 Å². The third-order valence-corrected chi connectivity index (χ3v) is 6.66. The van der Waals surface area contributed by atoms with Crippen molar-refractivity contribution >= 4 is 23.4 Å². The van der Waals surface area contributed by atoms with Gasteiger partial charge in [-0.2, -0.15) is 0 Å². The van der Waals surface area contributed by atoms with E-state index in [1.165, 1.54) is 23.1 Å². The average Bonchev–Trinajstić information content (AvgIpc) is 3.29. The number of hydrogen-bond acceptors (Lipinski definition) is 6. The first-order valence-electron chi connectivity index (χ1n) is 12.3. The zero-order valence-corrected chi connectivity index (χ0v) is 21.5. The Balaban J connectivity index is 2.13. The largest absolute Gasteiger partial charge is 0.507 e. The number of carbonyl (C=O) groups excluding carboxylic acids is 3. The molecule has 1 unspecified atom stereocenters. The van der Waals surface area contributed by atoms with Gasteiger partial charge in [-0.15, -0.1) is 0 Å². The van der Waals surface area contributed by atoms with E-state index in [-0.39, 0.29) is 35.5 Å². The highest BCUT2D eigenvalue weighted by Crippen LogP contribution is 2.41. The van der Waals surface area contributed by atoms with Gasteiger partial charge < -0.3 is 24.6 Å². The van der Waals surface area contributed by atoms with Crippen LogP contribution >= 0.6 is 0 Å². The third-order valence-electron chi connectivity index (χ3n) is 6.66. The number of carbonyl (C=O) groups is 3. The number of aromatic amines is 1. The molecule has 0 aliphatic carbocycles. The number of amides is 1. The maximum Gasteiger partial charge on any atom is 0.355 e. The van der Waals surface area contributed by atoms with Crippen LogP contribution in [-0.2, 0) is 14.3 Å². The van der Waals surface area contributed by atoms with Crippen LogP contribution in [0, 0.1) is 19.7 Å². The van der Waals surface area contributed by atoms with Gasteiger partial charge in [0, 0.05) is 23.4 Å². The number of Topliss-reactive ketones (excluding diaryl/α,β-unsaturated/α-hetero) is 1. The number of ketones is 1. The van der Waals surface area contributed by atoms with Gasteiger partial charge in [-0.1, -0.05) is 32.0 Å². The zero-order valence-electron chi connectivity index (χ0n) is 21.5. The van der Waals surface area contributed by atoms with E-state index < -0.39 is 35.3 Å². The van der Waals surface area contributed by atoms with Gasteiger partial charge in [0.15, 0.2) is 0 Å². The van der Waals surface area contributed by atoms with E-state index in [1.807, 2.05) is 13.8 Å². The van der Waals surface area contributed by atoms with Crippen LogP contribution < -0.4 is 0 Å². The number of H-pyrrole nitrogens is 1. The number of aryl methyl sites for hydroxylation is 1. The molecule has 194 valence electrons. The van der Waals surface area contributed by atoms with E-state index in [9.17, 15) is 23.9 Å². The van der Waals surface area contributed by atoms with Crippen molar-refractivity contribution < 1.29 is 28.6 Å². The lowest BCUT2D eigenvalue weighted by molar-refractivity contribution is -0.140. The number of aromatic nitrogens is 1. The van der Waals surface area contributed by atoms with E-state index in [1.54, 1.807) is 26.8 Å². The van der Waals surface area contributed by atoms with E-state index in [4.69, 9.17) is 4.74 Å². The third kappa shape index (κ3) is 5.06. The average molecular weight is 500 g/mol. The van der Waals surface area contributed by atoms with E-state index in [0.29, 0.717) is 24.2 Å². The number of halogens is 1. The highest BCUT2D eigenvalue weighted by molar-refractivity contribution is 6.46. The number of rotatable bonds is 10. The summed E-state index contributed by atoms with van der Waals surface area (Å²) in [5.41, 5.74) is 1.09. The molecular weight excluding hydrogens is 465 g/mol. The lowest BCUT2D eigenvalue weighted by Crippen LogP contribution is -2.33. The molecular formula is C27H34FN3O5. The van der Waals surface area contributed by atoms with Gasteiger partial charge in [0.05, 0.1) is 18.2 Å². The van der Waals surface area contributed by atoms with Crippen molar-refractivity contribution in [3.8, 4) is 0 Å². The number of nitrogens with zero attached hydrogens (tertiary/aromatic N) is 2. The second-order valence-electron chi connectivity index (χ2n) is 8.74. The predicted molar refractivity (Wildman–Crippen MR) is 134 cm³/mol. The number of benzene rings is 1. The quantitative estimate of drug-likeness (QED) is 0.221. The predicted octanol–water partition coefficient (Wildman–Crippen LogP) is 4.10. The van der Waals surface area contributed by atoms with E-state index in [2.05, 4.69) is 9.88 Å². The summed E-state index contributed by atoms with van der Waals surface area (Å²) in [4.78, 5) is 45.2. The zero-order chi connectivity index (χ0) is 26.6. The molecule has 9 heteroatoms. The molecule has 0 bridgehead atoms. The van der Waals surface area contributed by atoms with E-state index in [0.717, 1.165) is 13.1 Å². The summed E-state index contributed by atoms with van der Waals surface area (Å²) >= 11 is 0. The van der Waals surface area contributed by atoms with Gasteiger partial charge >= 0.3 is 5.97 Å². The van der Waals surface area contributed by atoms with Gasteiger partial charge in [0.2, 0.25) is 0 Å². The Morgan fingerprint density at radius 1 is 1.17 bits per heavy atom. The highest BCUT2D eigenvalue weighted by atomic mass is 19.1. The molecule has 0 radical (unpaired) electrons. The second-order valence-corrected chi connectivity index (χ2v) is 8.74. The molecule has 1 atom stereocenters. The smallest absolute Gasteiger partial charge is 0.355 e. The molecule has 36 heavy (non-hydrogen) atoms. The molecule has 2 aromatic rings. The van der Waals surface area contributed by atoms with Gasteiger partial charge in [-0.3, -0.25) is 9.59 Å². The van der Waals surface area contributed by atoms with Gasteiger partial charge in [-0.05, 0) is 58.5 Å². The van der Waals surface area contributed by atoms with Gasteiger partial charge in [0.1, 0.15) is 17.3 Å². The molecule has 2 N–H and O–H groups in total. The van der Waals surface area contributed by atoms with Crippen LogP contribution in [0.2, 0.25) is 0 Å². The number of ether oxygens (including phenoxy) is 1. The van der Waals surface area contributed by atoms with Crippen LogP contribution in [0.5, 0.6) is 0 Å². The Morgan fingerprint density at radius 3 is 2.44 bits per heavy atom. The maximum absolute atomic E-state index is 15.0. The number of aliphatic hydroxyl groups excluding tert-OH is 1. The van der Waals surface area contributed by atoms with Crippen molar-refractivity contribution in [1.29, 1.82) is 0 Å². The topological polar surface area (TPSA) is 103 Å². The van der Waals surface area contributed by atoms with Crippen molar-refractivity contribution in [3.05, 3.63) is 63.7 Å². The molecule has 1 aliphatic heterocycles. The lowest BCUT2D eigenvalue weighted by Gasteiger charge is -2.27. The highest BCUT2D eigenvalue weighted by Gasteiger charge is 2.47. The Kier molecular flexibility index (Phi) is 8.68. The molecule has 3 rings (SSSR count). The summed E-state index contributed by atoms with van der Waals surface area (Å²) in [5.74, 6) is -3.31. The normalized spacial score (nSPS) is 17.3. The number of hydrogen-bond donors (Lipinski definition) is 2. The minimum atomic E-state index is -1.09. The van der Waals surface area contributed by atoms with E-state index >= 15 is 0 Å². The molecule has 0 saturated carbocycles. The minimum Gasteiger partial charge on any atom is -0.507 e. The molecule has 1 saturated heterocycles. The first-order chi connectivity index (χ1) is 17.2. The fourth-order valence-corrected chi connectivity index (χ4v) is 4.78. The van der Waals surface area contributed by atoms with Crippen molar-refractivity contribution in [3.63, 3.8) is 0 Å². The first-order valence-corrected chi connectivity index (χ1v) is 12.3. The van der Waals surface area contributed by atoms with Crippen LogP contribution in [-0.4, -0.2) is 70.3 Å². The van der Waals surface area contributed by atoms with Gasteiger partial charge in [0.25, 0.3) is 11.7 Å². The summed E-state index contributed by atoms with van der Waals surface area (Å²) in [6.07, 6.45) is 0.578. The van der Waals surface area contributed by atoms with Crippen molar-refractivity contribution in [2.24, 2.45) is 0 Å². The van der Waals surface area contributed by atoms with Crippen LogP contribution in [0.25, 0.3) is 5.76 Å². The van der Waals surface area contributed by atoms with Crippen LogP contribution in [0.4, 0.5) is 4.39 Å². The number of nitrogens with one attached hydrogen (secondary N) is 1.